The van der Waals surface area contributed by atoms with E-state index in [0.717, 1.165) is 12.8 Å². The Morgan fingerprint density at radius 1 is 1.30 bits per heavy atom. The van der Waals surface area contributed by atoms with Gasteiger partial charge in [0.25, 0.3) is 0 Å². The first-order chi connectivity index (χ1) is 9.63. The molecule has 0 radical (unpaired) electrons. The maximum absolute atomic E-state index is 12.5. The van der Waals surface area contributed by atoms with Gasteiger partial charge >= 0.3 is 5.97 Å². The van der Waals surface area contributed by atoms with Crippen LogP contribution in [0.15, 0.2) is 0 Å². The Kier molecular flexibility index (Phi) is 4.64. The highest BCUT2D eigenvalue weighted by atomic mass is 16.5. The number of ether oxygens (including phenoxy) is 1. The van der Waals surface area contributed by atoms with Crippen LogP contribution in [0.25, 0.3) is 0 Å². The minimum Gasteiger partial charge on any atom is -0.466 e. The highest BCUT2D eigenvalue weighted by Crippen LogP contribution is 2.39. The molecule has 2 aliphatic rings. The first-order valence-corrected chi connectivity index (χ1v) is 7.50. The third-order valence-corrected chi connectivity index (χ3v) is 4.48. The van der Waals surface area contributed by atoms with Gasteiger partial charge in [0.05, 0.1) is 18.6 Å². The van der Waals surface area contributed by atoms with Crippen LogP contribution in [0.1, 0.15) is 45.4 Å². The van der Waals surface area contributed by atoms with Crippen molar-refractivity contribution < 1.29 is 14.3 Å². The quantitative estimate of drug-likeness (QED) is 0.739. The van der Waals surface area contributed by atoms with Crippen LogP contribution < -0.4 is 0 Å². The summed E-state index contributed by atoms with van der Waals surface area (Å²) in [5.41, 5.74) is -0.795. The van der Waals surface area contributed by atoms with Gasteiger partial charge in [0.2, 0.25) is 5.91 Å². The average molecular weight is 278 g/mol. The zero-order valence-electron chi connectivity index (χ0n) is 12.1. The maximum Gasteiger partial charge on any atom is 0.309 e. The fraction of sp³-hybridized carbons (Fsp3) is 0.800. The summed E-state index contributed by atoms with van der Waals surface area (Å²) in [5.74, 6) is -0.282. The van der Waals surface area contributed by atoms with Crippen LogP contribution in [0.4, 0.5) is 0 Å². The Bertz CT molecular complexity index is 413. The molecule has 1 heterocycles. The minimum absolute atomic E-state index is 0.0280. The second kappa shape index (κ2) is 6.25. The molecule has 0 aromatic carbocycles. The van der Waals surface area contributed by atoms with Crippen molar-refractivity contribution in [3.63, 3.8) is 0 Å². The van der Waals surface area contributed by atoms with Crippen molar-refractivity contribution in [1.29, 1.82) is 5.26 Å². The van der Waals surface area contributed by atoms with Gasteiger partial charge in [-0.25, -0.2) is 0 Å². The Balaban J connectivity index is 1.92. The SMILES string of the molecule is CCOC(=O)C1CCN(C(=O)C2(C#N)CCCC2)CC1. The lowest BCUT2D eigenvalue weighted by atomic mass is 9.85. The fourth-order valence-electron chi connectivity index (χ4n) is 3.23. The Hall–Kier alpha value is -1.57. The van der Waals surface area contributed by atoms with E-state index in [1.54, 1.807) is 11.8 Å². The van der Waals surface area contributed by atoms with E-state index in [0.29, 0.717) is 45.4 Å². The number of hydrogen-bond acceptors (Lipinski definition) is 4. The summed E-state index contributed by atoms with van der Waals surface area (Å²) in [7, 11) is 0. The third kappa shape index (κ3) is 2.79. The summed E-state index contributed by atoms with van der Waals surface area (Å²) in [6, 6.07) is 2.25. The minimum atomic E-state index is -0.795. The van der Waals surface area contributed by atoms with Crippen molar-refractivity contribution in [2.45, 2.75) is 45.4 Å². The van der Waals surface area contributed by atoms with Crippen molar-refractivity contribution in [2.75, 3.05) is 19.7 Å². The second-order valence-corrected chi connectivity index (χ2v) is 5.72. The molecule has 5 heteroatoms. The smallest absolute Gasteiger partial charge is 0.309 e. The van der Waals surface area contributed by atoms with E-state index in [-0.39, 0.29) is 17.8 Å². The molecule has 1 aliphatic carbocycles. The molecule has 0 atom stereocenters. The molecule has 0 unspecified atom stereocenters. The molecule has 5 nitrogen and oxygen atoms in total. The molecule has 2 rings (SSSR count). The van der Waals surface area contributed by atoms with E-state index in [4.69, 9.17) is 4.74 Å². The summed E-state index contributed by atoms with van der Waals surface area (Å²) in [4.78, 5) is 26.0. The van der Waals surface area contributed by atoms with Gasteiger partial charge in [0.15, 0.2) is 0 Å². The molecule has 110 valence electrons. The first-order valence-electron chi connectivity index (χ1n) is 7.50. The lowest BCUT2D eigenvalue weighted by Gasteiger charge is -2.35. The van der Waals surface area contributed by atoms with Crippen molar-refractivity contribution in [3.8, 4) is 6.07 Å². The monoisotopic (exact) mass is 278 g/mol. The summed E-state index contributed by atoms with van der Waals surface area (Å²) in [6.07, 6.45) is 4.57. The number of nitriles is 1. The molecule has 1 saturated heterocycles. The highest BCUT2D eigenvalue weighted by molar-refractivity contribution is 5.86. The highest BCUT2D eigenvalue weighted by Gasteiger charge is 2.44. The van der Waals surface area contributed by atoms with E-state index in [1.165, 1.54) is 0 Å². The Morgan fingerprint density at radius 2 is 1.90 bits per heavy atom. The molecule has 0 bridgehead atoms. The van der Waals surface area contributed by atoms with Crippen LogP contribution in [-0.4, -0.2) is 36.5 Å². The molecule has 1 saturated carbocycles. The van der Waals surface area contributed by atoms with Crippen LogP contribution in [0, 0.1) is 22.7 Å². The lowest BCUT2D eigenvalue weighted by Crippen LogP contribution is -2.47. The van der Waals surface area contributed by atoms with Crippen LogP contribution >= 0.6 is 0 Å². The van der Waals surface area contributed by atoms with Crippen LogP contribution in [0.5, 0.6) is 0 Å². The topological polar surface area (TPSA) is 70.4 Å². The van der Waals surface area contributed by atoms with Crippen LogP contribution in [0.2, 0.25) is 0 Å². The number of likely N-dealkylation sites (tertiary alicyclic amines) is 1. The molecule has 1 amide bonds. The molecule has 0 aromatic rings. The first kappa shape index (κ1) is 14.8. The van der Waals surface area contributed by atoms with Gasteiger partial charge < -0.3 is 9.64 Å². The van der Waals surface area contributed by atoms with E-state index in [1.807, 2.05) is 0 Å². The van der Waals surface area contributed by atoms with Crippen LogP contribution in [-0.2, 0) is 14.3 Å². The number of piperidine rings is 1. The lowest BCUT2D eigenvalue weighted by molar-refractivity contribution is -0.152. The number of esters is 1. The number of nitrogens with zero attached hydrogens (tertiary/aromatic N) is 2. The molecule has 0 aromatic heterocycles. The average Bonchev–Trinajstić information content (AvgIpc) is 2.97. The van der Waals surface area contributed by atoms with Gasteiger partial charge in [0.1, 0.15) is 5.41 Å². The zero-order chi connectivity index (χ0) is 14.6. The molecule has 0 N–H and O–H groups in total. The maximum atomic E-state index is 12.5. The van der Waals surface area contributed by atoms with Gasteiger partial charge in [-0.15, -0.1) is 0 Å². The van der Waals surface area contributed by atoms with E-state index >= 15 is 0 Å². The van der Waals surface area contributed by atoms with Crippen molar-refractivity contribution in [2.24, 2.45) is 11.3 Å². The number of carbonyl (C=O) groups is 2. The normalized spacial score (nSPS) is 22.3. The van der Waals surface area contributed by atoms with E-state index < -0.39 is 5.41 Å². The second-order valence-electron chi connectivity index (χ2n) is 5.72. The summed E-state index contributed by atoms with van der Waals surface area (Å²) in [5, 5.41) is 9.36. The summed E-state index contributed by atoms with van der Waals surface area (Å²) >= 11 is 0. The third-order valence-electron chi connectivity index (χ3n) is 4.48. The largest absolute Gasteiger partial charge is 0.466 e. The summed E-state index contributed by atoms with van der Waals surface area (Å²) < 4.78 is 5.02. The number of carbonyl (C=O) groups excluding carboxylic acids is 2. The van der Waals surface area contributed by atoms with E-state index in [9.17, 15) is 14.9 Å². The molecule has 1 aliphatic heterocycles. The van der Waals surface area contributed by atoms with Gasteiger partial charge in [-0.3, -0.25) is 9.59 Å². The fourth-order valence-corrected chi connectivity index (χ4v) is 3.23. The molecule has 2 fully saturated rings. The van der Waals surface area contributed by atoms with Gasteiger partial charge in [-0.1, -0.05) is 12.8 Å². The van der Waals surface area contributed by atoms with Crippen LogP contribution in [0.3, 0.4) is 0 Å². The van der Waals surface area contributed by atoms with Crippen molar-refractivity contribution >= 4 is 11.9 Å². The number of rotatable bonds is 3. The number of amides is 1. The zero-order valence-corrected chi connectivity index (χ0v) is 12.1. The van der Waals surface area contributed by atoms with Gasteiger partial charge in [0, 0.05) is 13.1 Å². The Morgan fingerprint density at radius 3 is 2.40 bits per heavy atom. The van der Waals surface area contributed by atoms with Gasteiger partial charge in [-0.2, -0.15) is 5.26 Å². The standard InChI is InChI=1S/C15H22N2O3/c1-2-20-13(18)12-5-9-17(10-6-12)14(19)15(11-16)7-3-4-8-15/h12H,2-10H2,1H3. The predicted octanol–water partition coefficient (Wildman–Crippen LogP) is 1.87. The molecule has 0 spiro atoms. The predicted molar refractivity (Wildman–Crippen MR) is 72.5 cm³/mol. The molecular formula is C15H22N2O3. The Labute approximate surface area is 119 Å². The summed E-state index contributed by atoms with van der Waals surface area (Å²) in [6.45, 7) is 3.32. The molecule has 20 heavy (non-hydrogen) atoms. The molecular weight excluding hydrogens is 256 g/mol. The van der Waals surface area contributed by atoms with Crippen molar-refractivity contribution in [3.05, 3.63) is 0 Å². The van der Waals surface area contributed by atoms with Gasteiger partial charge in [-0.05, 0) is 32.6 Å². The van der Waals surface area contributed by atoms with Crippen molar-refractivity contribution in [1.82, 2.24) is 4.90 Å². The van der Waals surface area contributed by atoms with E-state index in [2.05, 4.69) is 6.07 Å². The number of hydrogen-bond donors (Lipinski definition) is 0.